The first kappa shape index (κ1) is 14.8. The molecule has 0 bridgehead atoms. The fourth-order valence-corrected chi connectivity index (χ4v) is 2.11. The van der Waals surface area contributed by atoms with E-state index in [1.807, 2.05) is 20.8 Å². The maximum Gasteiger partial charge on any atom is 0.410 e. The van der Waals surface area contributed by atoms with Crippen molar-refractivity contribution in [2.24, 2.45) is 0 Å². The van der Waals surface area contributed by atoms with Crippen LogP contribution in [-0.2, 0) is 4.74 Å². The second-order valence-electron chi connectivity index (χ2n) is 5.69. The lowest BCUT2D eigenvalue weighted by atomic mass is 10.1. The van der Waals surface area contributed by atoms with Crippen LogP contribution in [-0.4, -0.2) is 40.4 Å². The Labute approximate surface area is 108 Å². The van der Waals surface area contributed by atoms with Crippen molar-refractivity contribution in [3.63, 3.8) is 0 Å². The van der Waals surface area contributed by atoms with Crippen molar-refractivity contribution in [1.82, 2.24) is 4.90 Å². The Hall–Kier alpha value is -1.28. The normalized spacial score (nSPS) is 21.5. The zero-order valence-corrected chi connectivity index (χ0v) is 11.3. The van der Waals surface area contributed by atoms with Gasteiger partial charge in [0.05, 0.1) is 6.07 Å². The molecule has 2 atom stereocenters. The number of carbonyl (C=O) groups is 1. The molecular weight excluding hydrogens is 232 g/mol. The number of nitriles is 1. The molecular formula is C13H22N2O3. The van der Waals surface area contributed by atoms with E-state index in [1.54, 1.807) is 11.0 Å². The third-order valence-electron chi connectivity index (χ3n) is 2.93. The zero-order valence-electron chi connectivity index (χ0n) is 11.3. The van der Waals surface area contributed by atoms with Crippen molar-refractivity contribution >= 4 is 6.09 Å². The van der Waals surface area contributed by atoms with E-state index in [2.05, 4.69) is 0 Å². The molecule has 102 valence electrons. The summed E-state index contributed by atoms with van der Waals surface area (Å²) < 4.78 is 5.34. The highest BCUT2D eigenvalue weighted by atomic mass is 16.6. The molecule has 18 heavy (non-hydrogen) atoms. The van der Waals surface area contributed by atoms with Gasteiger partial charge < -0.3 is 14.7 Å². The van der Waals surface area contributed by atoms with Crippen LogP contribution in [0.4, 0.5) is 4.79 Å². The monoisotopic (exact) mass is 254 g/mol. The van der Waals surface area contributed by atoms with Gasteiger partial charge in [0.25, 0.3) is 0 Å². The van der Waals surface area contributed by atoms with Crippen LogP contribution >= 0.6 is 0 Å². The molecule has 0 saturated carbocycles. The summed E-state index contributed by atoms with van der Waals surface area (Å²) in [6.07, 6.45) is 1.68. The Balaban J connectivity index is 2.49. The highest BCUT2D eigenvalue weighted by Gasteiger charge is 2.32. The second-order valence-corrected chi connectivity index (χ2v) is 5.69. The van der Waals surface area contributed by atoms with Gasteiger partial charge in [0.2, 0.25) is 0 Å². The van der Waals surface area contributed by atoms with Crippen LogP contribution in [0.15, 0.2) is 0 Å². The lowest BCUT2D eigenvalue weighted by molar-refractivity contribution is 0.0212. The van der Waals surface area contributed by atoms with E-state index in [4.69, 9.17) is 10.00 Å². The number of carbonyl (C=O) groups excluding carboxylic acids is 1. The van der Waals surface area contributed by atoms with E-state index >= 15 is 0 Å². The van der Waals surface area contributed by atoms with E-state index in [0.29, 0.717) is 19.4 Å². The molecule has 1 saturated heterocycles. The van der Waals surface area contributed by atoms with Crippen LogP contribution in [0.3, 0.4) is 0 Å². The number of aliphatic hydroxyl groups is 1. The lowest BCUT2D eigenvalue weighted by Gasteiger charge is -2.28. The topological polar surface area (TPSA) is 73.6 Å². The minimum atomic E-state index is -0.939. The third-order valence-corrected chi connectivity index (χ3v) is 2.93. The van der Waals surface area contributed by atoms with E-state index in [1.165, 1.54) is 0 Å². The number of amides is 1. The first-order chi connectivity index (χ1) is 8.33. The number of nitrogens with zero attached hydrogens (tertiary/aromatic N) is 2. The average molecular weight is 254 g/mol. The predicted molar refractivity (Wildman–Crippen MR) is 66.8 cm³/mol. The molecule has 5 nitrogen and oxygen atoms in total. The number of hydrogen-bond donors (Lipinski definition) is 1. The lowest BCUT2D eigenvalue weighted by Crippen LogP contribution is -2.40. The molecule has 1 fully saturated rings. The average Bonchev–Trinajstić information content (AvgIpc) is 2.71. The first-order valence-corrected chi connectivity index (χ1v) is 6.41. The summed E-state index contributed by atoms with van der Waals surface area (Å²) in [5.41, 5.74) is -0.490. The maximum atomic E-state index is 12.0. The first-order valence-electron chi connectivity index (χ1n) is 6.41. The number of hydrogen-bond acceptors (Lipinski definition) is 4. The van der Waals surface area contributed by atoms with E-state index in [-0.39, 0.29) is 12.1 Å². The van der Waals surface area contributed by atoms with Crippen LogP contribution in [0, 0.1) is 11.3 Å². The molecule has 5 heteroatoms. The largest absolute Gasteiger partial charge is 0.444 e. The van der Waals surface area contributed by atoms with Gasteiger partial charge in [0, 0.05) is 12.6 Å². The Kier molecular flexibility index (Phi) is 4.97. The van der Waals surface area contributed by atoms with Crippen molar-refractivity contribution in [3.8, 4) is 6.07 Å². The molecule has 0 radical (unpaired) electrons. The van der Waals surface area contributed by atoms with Crippen molar-refractivity contribution in [1.29, 1.82) is 5.26 Å². The van der Waals surface area contributed by atoms with E-state index < -0.39 is 11.7 Å². The molecule has 1 aliphatic rings. The van der Waals surface area contributed by atoms with Crippen LogP contribution in [0.2, 0.25) is 0 Å². The van der Waals surface area contributed by atoms with Crippen LogP contribution in [0.5, 0.6) is 0 Å². The molecule has 0 aliphatic carbocycles. The quantitative estimate of drug-likeness (QED) is 0.782. The third kappa shape index (κ3) is 4.53. The Morgan fingerprint density at radius 3 is 2.83 bits per heavy atom. The minimum absolute atomic E-state index is 0.0860. The summed E-state index contributed by atoms with van der Waals surface area (Å²) in [5, 5.41) is 17.8. The van der Waals surface area contributed by atoms with E-state index in [9.17, 15) is 9.90 Å². The van der Waals surface area contributed by atoms with Crippen LogP contribution < -0.4 is 0 Å². The summed E-state index contributed by atoms with van der Waals surface area (Å²) in [6.45, 7) is 6.22. The Morgan fingerprint density at radius 1 is 1.61 bits per heavy atom. The fourth-order valence-electron chi connectivity index (χ4n) is 2.11. The summed E-state index contributed by atoms with van der Waals surface area (Å²) in [7, 11) is 0. The van der Waals surface area contributed by atoms with Gasteiger partial charge >= 0.3 is 6.09 Å². The van der Waals surface area contributed by atoms with Gasteiger partial charge in [-0.2, -0.15) is 5.26 Å². The Morgan fingerprint density at radius 2 is 2.28 bits per heavy atom. The van der Waals surface area contributed by atoms with E-state index in [0.717, 1.165) is 12.8 Å². The maximum absolute atomic E-state index is 12.0. The number of ether oxygens (including phenoxy) is 1. The van der Waals surface area contributed by atoms with Gasteiger partial charge in [-0.15, -0.1) is 0 Å². The highest BCUT2D eigenvalue weighted by molar-refractivity contribution is 5.68. The molecule has 1 aliphatic heterocycles. The van der Waals surface area contributed by atoms with Crippen molar-refractivity contribution in [3.05, 3.63) is 0 Å². The molecule has 0 spiro atoms. The van der Waals surface area contributed by atoms with Gasteiger partial charge in [0.1, 0.15) is 11.7 Å². The van der Waals surface area contributed by atoms with Gasteiger partial charge in [-0.05, 0) is 46.5 Å². The summed E-state index contributed by atoms with van der Waals surface area (Å²) in [4.78, 5) is 13.7. The predicted octanol–water partition coefficient (Wildman–Crippen LogP) is 2.05. The second kappa shape index (κ2) is 6.05. The SMILES string of the molecule is CC(C)(C)OC(=O)N1CCC[C@H]1CCC(O)C#N. The zero-order chi connectivity index (χ0) is 13.8. The molecule has 0 aromatic rings. The van der Waals surface area contributed by atoms with Gasteiger partial charge in [-0.25, -0.2) is 4.79 Å². The van der Waals surface area contributed by atoms with Crippen molar-refractivity contribution in [2.75, 3.05) is 6.54 Å². The summed E-state index contributed by atoms with van der Waals surface area (Å²) in [6, 6.07) is 1.88. The van der Waals surface area contributed by atoms with Crippen molar-refractivity contribution in [2.45, 2.75) is 64.2 Å². The molecule has 1 N–H and O–H groups in total. The Bertz CT molecular complexity index is 330. The minimum Gasteiger partial charge on any atom is -0.444 e. The molecule has 1 unspecified atom stereocenters. The van der Waals surface area contributed by atoms with Gasteiger partial charge in [-0.3, -0.25) is 0 Å². The number of rotatable bonds is 3. The van der Waals surface area contributed by atoms with Crippen molar-refractivity contribution < 1.29 is 14.6 Å². The standard InChI is InChI=1S/C13H22N2O3/c1-13(2,3)18-12(17)15-8-4-5-10(15)6-7-11(16)9-14/h10-11,16H,4-8H2,1-3H3/t10-,11?/m0/s1. The highest BCUT2D eigenvalue weighted by Crippen LogP contribution is 2.24. The molecule has 0 aromatic heterocycles. The molecule has 1 amide bonds. The van der Waals surface area contributed by atoms with Gasteiger partial charge in [-0.1, -0.05) is 0 Å². The summed E-state index contributed by atoms with van der Waals surface area (Å²) >= 11 is 0. The number of aliphatic hydroxyl groups excluding tert-OH is 1. The van der Waals surface area contributed by atoms with Crippen LogP contribution in [0.1, 0.15) is 46.5 Å². The smallest absolute Gasteiger partial charge is 0.410 e. The number of likely N-dealkylation sites (tertiary alicyclic amines) is 1. The van der Waals surface area contributed by atoms with Gasteiger partial charge in [0.15, 0.2) is 0 Å². The molecule has 1 rings (SSSR count). The molecule has 0 aromatic carbocycles. The molecule has 1 heterocycles. The fraction of sp³-hybridized carbons (Fsp3) is 0.846. The summed E-state index contributed by atoms with van der Waals surface area (Å²) in [5.74, 6) is 0. The van der Waals surface area contributed by atoms with Crippen LogP contribution in [0.25, 0.3) is 0 Å².